The van der Waals surface area contributed by atoms with Gasteiger partial charge in [0.25, 0.3) is 5.69 Å². The number of benzene rings is 1. The number of nitro benzene ring substituents is 1. The van der Waals surface area contributed by atoms with Crippen LogP contribution in [0.5, 0.6) is 0 Å². The fourth-order valence-corrected chi connectivity index (χ4v) is 3.72. The molecule has 1 aliphatic heterocycles. The van der Waals surface area contributed by atoms with Gasteiger partial charge in [-0.15, -0.1) is 0 Å². The van der Waals surface area contributed by atoms with E-state index in [4.69, 9.17) is 17.0 Å². The molecule has 0 fully saturated rings. The Bertz CT molecular complexity index is 856. The van der Waals surface area contributed by atoms with E-state index in [1.54, 1.807) is 38.3 Å². The smallest absolute Gasteiger partial charge is 0.338 e. The summed E-state index contributed by atoms with van der Waals surface area (Å²) >= 11 is 6.23. The van der Waals surface area contributed by atoms with Crippen LogP contribution in [0.25, 0.3) is 0 Å². The Morgan fingerprint density at radius 2 is 2.11 bits per heavy atom. The number of carbonyl (C=O) groups excluding carboxylic acids is 2. The molecular formula is C17H20N4O5S2. The first-order chi connectivity index (χ1) is 13.2. The number of non-ortho nitro benzene ring substituents is 1. The van der Waals surface area contributed by atoms with Gasteiger partial charge >= 0.3 is 11.2 Å². The monoisotopic (exact) mass is 424 g/mol. The van der Waals surface area contributed by atoms with Gasteiger partial charge in [-0.25, -0.2) is 9.10 Å². The normalized spacial score (nSPS) is 16.8. The van der Waals surface area contributed by atoms with E-state index in [2.05, 4.69) is 5.32 Å². The van der Waals surface area contributed by atoms with Crippen LogP contribution in [-0.4, -0.2) is 51.2 Å². The average Bonchev–Trinajstić information content (AvgIpc) is 2.60. The van der Waals surface area contributed by atoms with E-state index in [0.717, 1.165) is 11.9 Å². The van der Waals surface area contributed by atoms with Gasteiger partial charge in [-0.05, 0) is 45.7 Å². The van der Waals surface area contributed by atoms with Crippen molar-refractivity contribution in [3.63, 3.8) is 0 Å². The van der Waals surface area contributed by atoms with Crippen LogP contribution >= 0.6 is 24.2 Å². The van der Waals surface area contributed by atoms with Crippen molar-refractivity contribution in [1.82, 2.24) is 14.5 Å². The summed E-state index contributed by atoms with van der Waals surface area (Å²) in [6.07, 6.45) is 0. The molecule has 1 unspecified atom stereocenters. The molecule has 9 nitrogen and oxygen atoms in total. The molecule has 1 aromatic carbocycles. The van der Waals surface area contributed by atoms with Crippen LogP contribution in [-0.2, 0) is 9.53 Å². The van der Waals surface area contributed by atoms with Crippen molar-refractivity contribution in [2.45, 2.75) is 19.9 Å². The molecule has 0 radical (unpaired) electrons. The molecule has 1 amide bonds. The van der Waals surface area contributed by atoms with E-state index in [9.17, 15) is 19.7 Å². The molecule has 1 aliphatic rings. The van der Waals surface area contributed by atoms with Gasteiger partial charge in [0.1, 0.15) is 0 Å². The number of allylic oxidation sites excluding steroid dienone is 1. The quantitative estimate of drug-likeness (QED) is 0.251. The number of thiocarbonyl (C=S) groups is 1. The topological polar surface area (TPSA) is 105 Å². The summed E-state index contributed by atoms with van der Waals surface area (Å²) in [5.41, 5.74) is 0.825. The number of amides is 1. The lowest BCUT2D eigenvalue weighted by Crippen LogP contribution is -2.50. The van der Waals surface area contributed by atoms with Crippen molar-refractivity contribution in [3.05, 3.63) is 51.2 Å². The number of esters is 1. The summed E-state index contributed by atoms with van der Waals surface area (Å²) in [5.74, 6) is -0.626. The minimum atomic E-state index is -0.951. The predicted molar refractivity (Wildman–Crippen MR) is 109 cm³/mol. The van der Waals surface area contributed by atoms with Gasteiger partial charge in [0.15, 0.2) is 5.11 Å². The van der Waals surface area contributed by atoms with Crippen molar-refractivity contribution < 1.29 is 19.2 Å². The van der Waals surface area contributed by atoms with E-state index in [1.165, 1.54) is 23.1 Å². The highest BCUT2D eigenvalue weighted by Crippen LogP contribution is 2.37. The maximum absolute atomic E-state index is 12.9. The molecule has 1 N–H and O–H groups in total. The first-order valence-corrected chi connectivity index (χ1v) is 9.47. The Kier molecular flexibility index (Phi) is 7.11. The van der Waals surface area contributed by atoms with Gasteiger partial charge in [0.2, 0.25) is 0 Å². The maximum Gasteiger partial charge on any atom is 0.338 e. The van der Waals surface area contributed by atoms with Gasteiger partial charge in [-0.2, -0.15) is 0 Å². The minimum Gasteiger partial charge on any atom is -0.463 e. The van der Waals surface area contributed by atoms with Crippen LogP contribution in [0.1, 0.15) is 25.5 Å². The molecule has 0 saturated carbocycles. The van der Waals surface area contributed by atoms with Crippen molar-refractivity contribution in [3.8, 4) is 0 Å². The second kappa shape index (κ2) is 9.13. The Hall–Kier alpha value is -2.50. The lowest BCUT2D eigenvalue weighted by Gasteiger charge is -2.38. The van der Waals surface area contributed by atoms with Gasteiger partial charge in [-0.1, -0.05) is 12.1 Å². The molecule has 1 aromatic rings. The fraction of sp³-hybridized carbons (Fsp3) is 0.353. The molecule has 0 aliphatic carbocycles. The van der Waals surface area contributed by atoms with E-state index in [1.807, 2.05) is 0 Å². The Balaban J connectivity index is 2.66. The summed E-state index contributed by atoms with van der Waals surface area (Å²) < 4.78 is 6.74. The van der Waals surface area contributed by atoms with E-state index in [-0.39, 0.29) is 23.0 Å². The molecule has 1 atom stereocenters. The highest BCUT2D eigenvalue weighted by molar-refractivity contribution is 8.11. The number of carbonyl (C=O) groups is 2. The lowest BCUT2D eigenvalue weighted by atomic mass is 9.94. The third-order valence-corrected chi connectivity index (χ3v) is 4.82. The summed E-state index contributed by atoms with van der Waals surface area (Å²) in [7, 11) is 3.39. The van der Waals surface area contributed by atoms with Crippen molar-refractivity contribution >= 4 is 46.2 Å². The summed E-state index contributed by atoms with van der Waals surface area (Å²) in [5, 5.41) is 13.7. The number of nitrogens with one attached hydrogen (secondary N) is 1. The molecule has 28 heavy (non-hydrogen) atoms. The molecule has 150 valence electrons. The predicted octanol–water partition coefficient (Wildman–Crippen LogP) is 2.99. The number of nitrogens with zero attached hydrogens (tertiary/aromatic N) is 3. The Morgan fingerprint density at radius 1 is 1.43 bits per heavy atom. The zero-order chi connectivity index (χ0) is 21.0. The SMILES string of the molecule is CCOC(=O)C1=C(C)NC(=S)N(C(=O)SN(C)C)C1c1cccc([N+](=O)[O-])c1. The third-order valence-electron chi connectivity index (χ3n) is 3.80. The third kappa shape index (κ3) is 4.66. The van der Waals surface area contributed by atoms with Crippen LogP contribution in [0.4, 0.5) is 10.5 Å². The zero-order valence-corrected chi connectivity index (χ0v) is 17.4. The molecule has 0 spiro atoms. The maximum atomic E-state index is 12.9. The molecule has 0 bridgehead atoms. The van der Waals surface area contributed by atoms with Gasteiger partial charge < -0.3 is 10.1 Å². The molecule has 2 rings (SSSR count). The largest absolute Gasteiger partial charge is 0.463 e. The van der Waals surface area contributed by atoms with E-state index >= 15 is 0 Å². The lowest BCUT2D eigenvalue weighted by molar-refractivity contribution is -0.384. The first kappa shape index (κ1) is 21.8. The first-order valence-electron chi connectivity index (χ1n) is 8.29. The van der Waals surface area contributed by atoms with E-state index < -0.39 is 22.2 Å². The van der Waals surface area contributed by atoms with Crippen LogP contribution < -0.4 is 5.32 Å². The minimum absolute atomic E-state index is 0.0985. The molecule has 0 aromatic heterocycles. The highest BCUT2D eigenvalue weighted by Gasteiger charge is 2.41. The second-order valence-electron chi connectivity index (χ2n) is 5.98. The summed E-state index contributed by atoms with van der Waals surface area (Å²) in [6, 6.07) is 4.82. The van der Waals surface area contributed by atoms with Crippen molar-refractivity contribution in [1.29, 1.82) is 0 Å². The van der Waals surface area contributed by atoms with Crippen LogP contribution in [0.15, 0.2) is 35.5 Å². The van der Waals surface area contributed by atoms with Gasteiger partial charge in [0.05, 0.1) is 23.1 Å². The molecule has 0 saturated heterocycles. The Labute approximate surface area is 172 Å². The standard InChI is InChI=1S/C17H20N4O5S2/c1-5-26-15(22)13-10(2)18-16(27)20(17(23)28-19(3)4)14(13)11-7-6-8-12(9-11)21(24)25/h6-9,14H,5H2,1-4H3,(H,18,27). The number of ether oxygens (including phenoxy) is 1. The second-order valence-corrected chi connectivity index (χ2v) is 7.63. The van der Waals surface area contributed by atoms with Crippen molar-refractivity contribution in [2.24, 2.45) is 0 Å². The fourth-order valence-electron chi connectivity index (χ4n) is 2.73. The van der Waals surface area contributed by atoms with Gasteiger partial charge in [0, 0.05) is 29.8 Å². The van der Waals surface area contributed by atoms with Crippen LogP contribution in [0.3, 0.4) is 0 Å². The zero-order valence-electron chi connectivity index (χ0n) is 15.8. The molecular weight excluding hydrogens is 404 g/mol. The van der Waals surface area contributed by atoms with Gasteiger partial charge in [-0.3, -0.25) is 19.8 Å². The Morgan fingerprint density at radius 3 is 2.68 bits per heavy atom. The summed E-state index contributed by atoms with van der Waals surface area (Å²) in [4.78, 5) is 37.4. The summed E-state index contributed by atoms with van der Waals surface area (Å²) in [6.45, 7) is 3.45. The van der Waals surface area contributed by atoms with Crippen molar-refractivity contribution in [2.75, 3.05) is 20.7 Å². The van der Waals surface area contributed by atoms with E-state index in [0.29, 0.717) is 11.3 Å². The molecule has 1 heterocycles. The van der Waals surface area contributed by atoms with Crippen LogP contribution in [0, 0.1) is 10.1 Å². The highest BCUT2D eigenvalue weighted by atomic mass is 32.2. The number of hydrogen-bond acceptors (Lipinski definition) is 8. The number of hydrogen-bond donors (Lipinski definition) is 1. The molecule has 11 heteroatoms. The van der Waals surface area contributed by atoms with Crippen LogP contribution in [0.2, 0.25) is 0 Å². The average molecular weight is 425 g/mol. The number of nitro groups is 1. The number of rotatable bonds is 5.